The molecule has 1 aromatic rings. The van der Waals surface area contributed by atoms with Crippen molar-refractivity contribution in [2.45, 2.75) is 58.8 Å². The van der Waals surface area contributed by atoms with Crippen molar-refractivity contribution < 1.29 is 0 Å². The second kappa shape index (κ2) is 7.67. The summed E-state index contributed by atoms with van der Waals surface area (Å²) in [5.41, 5.74) is 2.69. The highest BCUT2D eigenvalue weighted by molar-refractivity contribution is 7.11. The molecule has 0 aliphatic heterocycles. The third-order valence-corrected chi connectivity index (χ3v) is 4.03. The second-order valence-electron chi connectivity index (χ2n) is 4.62. The Morgan fingerprint density at radius 1 is 1.19 bits per heavy atom. The number of hydrogen-bond donors (Lipinski definition) is 0. The van der Waals surface area contributed by atoms with Gasteiger partial charge in [0.2, 0.25) is 0 Å². The van der Waals surface area contributed by atoms with E-state index in [-0.39, 0.29) is 0 Å². The van der Waals surface area contributed by atoms with Crippen LogP contribution in [0.15, 0.2) is 18.0 Å². The van der Waals surface area contributed by atoms with Gasteiger partial charge in [0.05, 0.1) is 0 Å². The SMILES string of the molecule is C=C(C)c1cc(CCCCCCCC)cs1. The van der Waals surface area contributed by atoms with Crippen molar-refractivity contribution in [2.24, 2.45) is 0 Å². The highest BCUT2D eigenvalue weighted by Gasteiger charge is 2.00. The van der Waals surface area contributed by atoms with Crippen LogP contribution in [0.1, 0.15) is 62.8 Å². The first kappa shape index (κ1) is 13.5. The van der Waals surface area contributed by atoms with Crippen LogP contribution in [0.2, 0.25) is 0 Å². The van der Waals surface area contributed by atoms with E-state index >= 15 is 0 Å². The van der Waals surface area contributed by atoms with Crippen LogP contribution in [0.25, 0.3) is 5.57 Å². The largest absolute Gasteiger partial charge is 0.144 e. The molecule has 0 saturated heterocycles. The maximum atomic E-state index is 3.98. The van der Waals surface area contributed by atoms with E-state index in [1.165, 1.54) is 61.0 Å². The number of thiophene rings is 1. The molecule has 0 aromatic carbocycles. The Balaban J connectivity index is 2.14. The molecule has 0 spiro atoms. The topological polar surface area (TPSA) is 0 Å². The molecule has 0 radical (unpaired) electrons. The number of aryl methyl sites for hydroxylation is 1. The normalized spacial score (nSPS) is 10.6. The van der Waals surface area contributed by atoms with Crippen molar-refractivity contribution in [2.75, 3.05) is 0 Å². The molecule has 1 rings (SSSR count). The Kier molecular flexibility index (Phi) is 6.47. The van der Waals surface area contributed by atoms with Gasteiger partial charge in [-0.2, -0.15) is 0 Å². The fourth-order valence-electron chi connectivity index (χ4n) is 1.84. The molecule has 0 bridgehead atoms. The number of hydrogen-bond acceptors (Lipinski definition) is 1. The Morgan fingerprint density at radius 3 is 2.50 bits per heavy atom. The van der Waals surface area contributed by atoms with Gasteiger partial charge in [0.15, 0.2) is 0 Å². The van der Waals surface area contributed by atoms with E-state index in [4.69, 9.17) is 0 Å². The Morgan fingerprint density at radius 2 is 1.88 bits per heavy atom. The van der Waals surface area contributed by atoms with Crippen molar-refractivity contribution in [3.63, 3.8) is 0 Å². The molecule has 1 heteroatoms. The van der Waals surface area contributed by atoms with Crippen molar-refractivity contribution >= 4 is 16.9 Å². The van der Waals surface area contributed by atoms with E-state index in [0.717, 1.165) is 0 Å². The minimum absolute atomic E-state index is 1.19. The van der Waals surface area contributed by atoms with E-state index in [1.54, 1.807) is 0 Å². The van der Waals surface area contributed by atoms with Crippen LogP contribution in [0.5, 0.6) is 0 Å². The maximum absolute atomic E-state index is 3.98. The van der Waals surface area contributed by atoms with Crippen molar-refractivity contribution in [3.05, 3.63) is 28.5 Å². The lowest BCUT2D eigenvalue weighted by Gasteiger charge is -1.99. The van der Waals surface area contributed by atoms with E-state index < -0.39 is 0 Å². The lowest BCUT2D eigenvalue weighted by Crippen LogP contribution is -1.83. The summed E-state index contributed by atoms with van der Waals surface area (Å²) in [4.78, 5) is 1.35. The third-order valence-electron chi connectivity index (χ3n) is 2.89. The van der Waals surface area contributed by atoms with Gasteiger partial charge in [0.25, 0.3) is 0 Å². The van der Waals surface area contributed by atoms with Crippen LogP contribution in [0.4, 0.5) is 0 Å². The predicted octanol–water partition coefficient (Wildman–Crippen LogP) is 5.68. The highest BCUT2D eigenvalue weighted by atomic mass is 32.1. The lowest BCUT2D eigenvalue weighted by atomic mass is 10.1. The summed E-state index contributed by atoms with van der Waals surface area (Å²) in [6, 6.07) is 2.30. The maximum Gasteiger partial charge on any atom is 0.0296 e. The number of allylic oxidation sites excluding steroid dienone is 1. The molecule has 1 aromatic heterocycles. The predicted molar refractivity (Wildman–Crippen MR) is 76.1 cm³/mol. The average molecular weight is 236 g/mol. The minimum Gasteiger partial charge on any atom is -0.144 e. The molecule has 0 saturated carbocycles. The molecule has 0 unspecified atom stereocenters. The van der Waals surface area contributed by atoms with Gasteiger partial charge in [-0.1, -0.05) is 45.6 Å². The molecule has 0 aliphatic rings. The molecular weight excluding hydrogens is 212 g/mol. The van der Waals surface area contributed by atoms with Gasteiger partial charge in [-0.3, -0.25) is 0 Å². The average Bonchev–Trinajstić information content (AvgIpc) is 2.72. The Hall–Kier alpha value is -0.560. The van der Waals surface area contributed by atoms with Crippen molar-refractivity contribution in [1.29, 1.82) is 0 Å². The summed E-state index contributed by atoms with van der Waals surface area (Å²) in [5.74, 6) is 0. The van der Waals surface area contributed by atoms with Crippen LogP contribution in [0, 0.1) is 0 Å². The monoisotopic (exact) mass is 236 g/mol. The van der Waals surface area contributed by atoms with E-state index in [2.05, 4.69) is 31.9 Å². The third kappa shape index (κ3) is 4.98. The molecule has 0 amide bonds. The van der Waals surface area contributed by atoms with Crippen molar-refractivity contribution in [1.82, 2.24) is 0 Å². The fourth-order valence-corrected chi connectivity index (χ4v) is 2.72. The first-order chi connectivity index (χ1) is 7.74. The van der Waals surface area contributed by atoms with Gasteiger partial charge < -0.3 is 0 Å². The van der Waals surface area contributed by atoms with E-state index in [1.807, 2.05) is 11.3 Å². The Labute approximate surface area is 104 Å². The molecule has 1 heterocycles. The van der Waals surface area contributed by atoms with Crippen LogP contribution >= 0.6 is 11.3 Å². The Bertz CT molecular complexity index is 309. The summed E-state index contributed by atoms with van der Waals surface area (Å²) in [7, 11) is 0. The second-order valence-corrected chi connectivity index (χ2v) is 5.53. The lowest BCUT2D eigenvalue weighted by molar-refractivity contribution is 0.608. The molecule has 90 valence electrons. The zero-order valence-corrected chi connectivity index (χ0v) is 11.5. The van der Waals surface area contributed by atoms with Crippen LogP contribution in [-0.2, 0) is 6.42 Å². The highest BCUT2D eigenvalue weighted by Crippen LogP contribution is 2.22. The minimum atomic E-state index is 1.19. The number of rotatable bonds is 8. The number of unbranched alkanes of at least 4 members (excludes halogenated alkanes) is 5. The van der Waals surface area contributed by atoms with Gasteiger partial charge in [0.1, 0.15) is 0 Å². The molecule has 0 atom stereocenters. The van der Waals surface area contributed by atoms with Crippen LogP contribution in [-0.4, -0.2) is 0 Å². The van der Waals surface area contributed by atoms with E-state index in [9.17, 15) is 0 Å². The summed E-state index contributed by atoms with van der Waals surface area (Å²) >= 11 is 1.83. The zero-order valence-electron chi connectivity index (χ0n) is 10.7. The molecule has 0 fully saturated rings. The van der Waals surface area contributed by atoms with Gasteiger partial charge in [-0.25, -0.2) is 0 Å². The standard InChI is InChI=1S/C15H24S/c1-4-5-6-7-8-9-10-14-11-15(13(2)3)16-12-14/h11-12H,2,4-10H2,1,3H3. The summed E-state index contributed by atoms with van der Waals surface area (Å²) in [6.07, 6.45) is 9.54. The van der Waals surface area contributed by atoms with Crippen LogP contribution in [0.3, 0.4) is 0 Å². The summed E-state index contributed by atoms with van der Waals surface area (Å²) in [6.45, 7) is 8.33. The van der Waals surface area contributed by atoms with E-state index in [0.29, 0.717) is 0 Å². The van der Waals surface area contributed by atoms with Gasteiger partial charge in [-0.05, 0) is 42.3 Å². The molecular formula is C15H24S. The quantitative estimate of drug-likeness (QED) is 0.509. The van der Waals surface area contributed by atoms with Crippen LogP contribution < -0.4 is 0 Å². The molecule has 16 heavy (non-hydrogen) atoms. The first-order valence-electron chi connectivity index (χ1n) is 6.47. The van der Waals surface area contributed by atoms with Crippen molar-refractivity contribution in [3.8, 4) is 0 Å². The molecule has 0 nitrogen and oxygen atoms in total. The molecule has 0 aliphatic carbocycles. The summed E-state index contributed by atoms with van der Waals surface area (Å²) < 4.78 is 0. The zero-order chi connectivity index (χ0) is 11.8. The van der Waals surface area contributed by atoms with Gasteiger partial charge >= 0.3 is 0 Å². The fraction of sp³-hybridized carbons (Fsp3) is 0.600. The first-order valence-corrected chi connectivity index (χ1v) is 7.35. The smallest absolute Gasteiger partial charge is 0.0296 e. The van der Waals surface area contributed by atoms with Gasteiger partial charge in [-0.15, -0.1) is 11.3 Å². The summed E-state index contributed by atoms with van der Waals surface area (Å²) in [5, 5.41) is 2.29. The van der Waals surface area contributed by atoms with Gasteiger partial charge in [0, 0.05) is 4.88 Å². The molecule has 0 N–H and O–H groups in total.